The normalized spacial score (nSPS) is 15.1. The fraction of sp³-hybridized carbons (Fsp3) is 0.333. The number of aromatic nitrogens is 3. The van der Waals surface area contributed by atoms with Crippen molar-refractivity contribution in [1.82, 2.24) is 24.8 Å². The minimum atomic E-state index is 0.497. The molecule has 0 aliphatic carbocycles. The fourth-order valence-electron chi connectivity index (χ4n) is 4.28. The van der Waals surface area contributed by atoms with E-state index in [4.69, 9.17) is 10.7 Å². The van der Waals surface area contributed by atoms with Gasteiger partial charge in [0.25, 0.3) is 0 Å². The zero-order chi connectivity index (χ0) is 21.2. The van der Waals surface area contributed by atoms with Crippen LogP contribution in [0.1, 0.15) is 18.1 Å². The van der Waals surface area contributed by atoms with Crippen molar-refractivity contribution in [3.05, 3.63) is 59.7 Å². The Bertz CT molecular complexity index is 1190. The van der Waals surface area contributed by atoms with Crippen LogP contribution in [0.2, 0.25) is 0 Å². The molecule has 0 unspecified atom stereocenters. The Morgan fingerprint density at radius 1 is 0.968 bits per heavy atom. The first-order valence-electron chi connectivity index (χ1n) is 10.9. The Labute approximate surface area is 186 Å². The van der Waals surface area contributed by atoms with Gasteiger partial charge in [0.1, 0.15) is 5.52 Å². The van der Waals surface area contributed by atoms with Crippen LogP contribution in [0.5, 0.6) is 0 Å². The van der Waals surface area contributed by atoms with Crippen LogP contribution in [0.4, 0.5) is 5.82 Å². The maximum Gasteiger partial charge on any atom is 0.169 e. The van der Waals surface area contributed by atoms with Crippen LogP contribution < -0.4 is 11.1 Å². The Balaban J connectivity index is 1.49. The molecule has 1 fully saturated rings. The van der Waals surface area contributed by atoms with Gasteiger partial charge in [-0.25, -0.2) is 9.97 Å². The molecule has 4 aromatic rings. The van der Waals surface area contributed by atoms with Gasteiger partial charge in [0.05, 0.1) is 17.6 Å². The van der Waals surface area contributed by atoms with Crippen LogP contribution in [0.3, 0.4) is 0 Å². The topological polar surface area (TPSA) is 72.0 Å². The van der Waals surface area contributed by atoms with Crippen molar-refractivity contribution in [2.75, 3.05) is 37.7 Å². The summed E-state index contributed by atoms with van der Waals surface area (Å²) in [6.45, 7) is 8.32. The van der Waals surface area contributed by atoms with E-state index in [0.717, 1.165) is 72.1 Å². The first-order chi connectivity index (χ1) is 15.2. The highest BCUT2D eigenvalue weighted by Gasteiger charge is 2.18. The lowest BCUT2D eigenvalue weighted by molar-refractivity contribution is 0.233. The van der Waals surface area contributed by atoms with E-state index in [1.807, 2.05) is 12.1 Å². The van der Waals surface area contributed by atoms with Crippen LogP contribution in [0.25, 0.3) is 21.9 Å². The number of nitrogen functional groups attached to an aromatic ring is 1. The Morgan fingerprint density at radius 2 is 1.68 bits per heavy atom. The summed E-state index contributed by atoms with van der Waals surface area (Å²) < 4.78 is 2.30. The second-order valence-corrected chi connectivity index (χ2v) is 9.20. The molecule has 0 saturated carbocycles. The zero-order valence-corrected chi connectivity index (χ0v) is 18.7. The van der Waals surface area contributed by atoms with Gasteiger partial charge < -0.3 is 15.6 Å². The summed E-state index contributed by atoms with van der Waals surface area (Å²) in [5.74, 6) is 1.45. The van der Waals surface area contributed by atoms with Gasteiger partial charge in [0.15, 0.2) is 11.0 Å². The summed E-state index contributed by atoms with van der Waals surface area (Å²) in [6.07, 6.45) is 0. The van der Waals surface area contributed by atoms with Gasteiger partial charge in [-0.2, -0.15) is 0 Å². The van der Waals surface area contributed by atoms with Gasteiger partial charge >= 0.3 is 0 Å². The highest BCUT2D eigenvalue weighted by molar-refractivity contribution is 7.99. The molecular weight excluding hydrogens is 404 g/mol. The maximum atomic E-state index is 6.30. The van der Waals surface area contributed by atoms with Gasteiger partial charge in [-0.05, 0) is 22.9 Å². The van der Waals surface area contributed by atoms with E-state index in [0.29, 0.717) is 5.82 Å². The number of piperazine rings is 1. The van der Waals surface area contributed by atoms with E-state index in [9.17, 15) is 0 Å². The molecule has 5 rings (SSSR count). The van der Waals surface area contributed by atoms with Gasteiger partial charge in [-0.3, -0.25) is 4.90 Å². The van der Waals surface area contributed by atoms with Crippen molar-refractivity contribution >= 4 is 39.5 Å². The number of rotatable bonds is 6. The fourth-order valence-corrected chi connectivity index (χ4v) is 5.01. The van der Waals surface area contributed by atoms with Gasteiger partial charge in [0, 0.05) is 38.1 Å². The number of hydrogen-bond acceptors (Lipinski definition) is 6. The third kappa shape index (κ3) is 4.13. The molecule has 7 heteroatoms. The van der Waals surface area contributed by atoms with Gasteiger partial charge in [-0.1, -0.05) is 61.2 Å². The van der Waals surface area contributed by atoms with Crippen molar-refractivity contribution < 1.29 is 0 Å². The molecule has 0 radical (unpaired) electrons. The van der Waals surface area contributed by atoms with E-state index in [1.165, 1.54) is 11.1 Å². The number of thioether (sulfide) groups is 1. The summed E-state index contributed by atoms with van der Waals surface area (Å²) in [6, 6.07) is 17.2. The molecule has 3 N–H and O–H groups in total. The largest absolute Gasteiger partial charge is 0.382 e. The summed E-state index contributed by atoms with van der Waals surface area (Å²) >= 11 is 1.75. The van der Waals surface area contributed by atoms with Crippen molar-refractivity contribution in [3.63, 3.8) is 0 Å². The lowest BCUT2D eigenvalue weighted by Crippen LogP contribution is -2.42. The lowest BCUT2D eigenvalue weighted by Gasteiger charge is -2.27. The molecule has 0 amide bonds. The van der Waals surface area contributed by atoms with Crippen LogP contribution >= 0.6 is 11.8 Å². The minimum Gasteiger partial charge on any atom is -0.382 e. The molecule has 2 aromatic heterocycles. The average Bonchev–Trinajstić information content (AvgIpc) is 3.15. The molecule has 0 spiro atoms. The number of nitrogens with zero attached hydrogens (tertiary/aromatic N) is 4. The van der Waals surface area contributed by atoms with Crippen molar-refractivity contribution in [1.29, 1.82) is 0 Å². The van der Waals surface area contributed by atoms with Crippen molar-refractivity contribution in [2.24, 2.45) is 0 Å². The maximum absolute atomic E-state index is 6.30. The Kier molecular flexibility index (Phi) is 5.80. The number of imidazole rings is 1. The number of nitrogens with two attached hydrogens (primary N) is 1. The number of para-hydroxylation sites is 1. The van der Waals surface area contributed by atoms with Crippen molar-refractivity contribution in [3.8, 4) is 0 Å². The number of benzene rings is 2. The number of anilines is 1. The van der Waals surface area contributed by atoms with E-state index in [1.54, 1.807) is 11.8 Å². The number of nitrogens with one attached hydrogen (secondary N) is 1. The third-order valence-corrected chi connectivity index (χ3v) is 6.69. The Hall–Kier alpha value is -2.61. The second kappa shape index (κ2) is 8.86. The average molecular weight is 433 g/mol. The smallest absolute Gasteiger partial charge is 0.169 e. The summed E-state index contributed by atoms with van der Waals surface area (Å²) in [7, 11) is 0. The van der Waals surface area contributed by atoms with Crippen LogP contribution in [0.15, 0.2) is 53.7 Å². The van der Waals surface area contributed by atoms with E-state index in [2.05, 4.69) is 63.1 Å². The van der Waals surface area contributed by atoms with Crippen LogP contribution in [-0.2, 0) is 13.1 Å². The lowest BCUT2D eigenvalue weighted by atomic mass is 10.1. The van der Waals surface area contributed by atoms with E-state index >= 15 is 0 Å². The number of fused-ring (bicyclic) bond motifs is 3. The molecule has 160 valence electrons. The van der Waals surface area contributed by atoms with Gasteiger partial charge in [-0.15, -0.1) is 0 Å². The molecule has 31 heavy (non-hydrogen) atoms. The number of pyridine rings is 1. The SMILES string of the molecule is CCSc1nc2c(N)nc3ccccc3c2n1Cc1ccc(CN2CCNCC2)cc1. The molecule has 2 aromatic carbocycles. The second-order valence-electron chi connectivity index (χ2n) is 7.97. The summed E-state index contributed by atoms with van der Waals surface area (Å²) in [5, 5.41) is 5.50. The Morgan fingerprint density at radius 3 is 2.42 bits per heavy atom. The quantitative estimate of drug-likeness (QED) is 0.453. The van der Waals surface area contributed by atoms with Gasteiger partial charge in [0.2, 0.25) is 0 Å². The molecule has 0 atom stereocenters. The molecule has 0 bridgehead atoms. The zero-order valence-electron chi connectivity index (χ0n) is 17.8. The van der Waals surface area contributed by atoms with E-state index in [-0.39, 0.29) is 0 Å². The predicted octanol–water partition coefficient (Wildman–Crippen LogP) is 3.73. The molecule has 1 saturated heterocycles. The van der Waals surface area contributed by atoms with Crippen molar-refractivity contribution in [2.45, 2.75) is 25.2 Å². The molecule has 6 nitrogen and oxygen atoms in total. The van der Waals surface area contributed by atoms with E-state index < -0.39 is 0 Å². The molecular formula is C24H28N6S. The summed E-state index contributed by atoms with van der Waals surface area (Å²) in [5.41, 5.74) is 11.7. The standard InChI is InChI=1S/C24H28N6S/c1-2-31-24-28-21-22(19-5-3-4-6-20(19)27-23(21)25)30(24)16-18-9-7-17(8-10-18)15-29-13-11-26-12-14-29/h3-10,26H,2,11-16H2,1H3,(H2,25,27). The highest BCUT2D eigenvalue weighted by Crippen LogP contribution is 2.32. The molecule has 1 aliphatic heterocycles. The molecule has 1 aliphatic rings. The van der Waals surface area contributed by atoms with Crippen LogP contribution in [-0.4, -0.2) is 51.4 Å². The van der Waals surface area contributed by atoms with Crippen LogP contribution in [0, 0.1) is 0 Å². The first kappa shape index (κ1) is 20.3. The first-order valence-corrected chi connectivity index (χ1v) is 11.9. The number of hydrogen-bond donors (Lipinski definition) is 2. The summed E-state index contributed by atoms with van der Waals surface area (Å²) in [4.78, 5) is 12.0. The highest BCUT2D eigenvalue weighted by atomic mass is 32.2. The predicted molar refractivity (Wildman–Crippen MR) is 130 cm³/mol. The minimum absolute atomic E-state index is 0.497. The monoisotopic (exact) mass is 432 g/mol. The third-order valence-electron chi connectivity index (χ3n) is 5.83. The molecule has 3 heterocycles.